The van der Waals surface area contributed by atoms with E-state index in [1.165, 1.54) is 256 Å². The third-order valence-electron chi connectivity index (χ3n) is 30.4. The van der Waals surface area contributed by atoms with E-state index in [1.807, 2.05) is 0 Å². The van der Waals surface area contributed by atoms with Gasteiger partial charge in [0.25, 0.3) is 0 Å². The Morgan fingerprint density at radius 1 is 0.0966 bits per heavy atom. The molecular weight excluding hydrogens is 1750 g/mol. The van der Waals surface area contributed by atoms with Crippen LogP contribution in [0.5, 0.6) is 0 Å². The van der Waals surface area contributed by atoms with E-state index in [1.54, 1.807) is 0 Å². The van der Waals surface area contributed by atoms with Gasteiger partial charge in [-0.25, -0.2) is 0 Å². The average Bonchev–Trinajstić information content (AvgIpc) is 1.46. The number of rotatable bonds is 9. The van der Waals surface area contributed by atoms with Gasteiger partial charge in [-0.1, -0.05) is 425 Å². The van der Waals surface area contributed by atoms with Crippen molar-refractivity contribution in [2.45, 2.75) is 0 Å². The summed E-state index contributed by atoms with van der Waals surface area (Å²) in [7, 11) is 0. The van der Waals surface area contributed by atoms with Crippen LogP contribution >= 0.6 is 0 Å². The van der Waals surface area contributed by atoms with Crippen LogP contribution in [0.1, 0.15) is 0 Å². The molecule has 3 heterocycles. The van der Waals surface area contributed by atoms with E-state index in [0.29, 0.717) is 0 Å². The molecule has 0 saturated heterocycles. The highest BCUT2D eigenvalue weighted by atomic mass is 16.3. The monoisotopic (exact) mass is 1840 g/mol. The van der Waals surface area contributed by atoms with Crippen LogP contribution in [0.25, 0.3) is 306 Å². The minimum absolute atomic E-state index is 0.910. The molecule has 0 radical (unpaired) electrons. The van der Waals surface area contributed by atoms with Gasteiger partial charge in [0.15, 0.2) is 0 Å². The molecule has 0 atom stereocenters. The Hall–Kier alpha value is -19.1. The molecule has 0 fully saturated rings. The van der Waals surface area contributed by atoms with Crippen LogP contribution in [0.15, 0.2) is 535 Å². The van der Waals surface area contributed by atoms with Crippen molar-refractivity contribution in [3.63, 3.8) is 0 Å². The molecule has 31 rings (SSSR count). The molecule has 0 amide bonds. The van der Waals surface area contributed by atoms with Crippen molar-refractivity contribution < 1.29 is 13.3 Å². The summed E-state index contributed by atoms with van der Waals surface area (Å²) in [6.07, 6.45) is 0. The molecule has 145 heavy (non-hydrogen) atoms. The standard InChI is InChI=1S/C50H30O.2C46H28O/c1-2-13-33-27-36(22-21-31(33)11-1)48-40-17-7-9-19-42(40)49(43-20-10-8-18-41(43)48)44-30-37(28-35-14-4-5-15-38(35)44)34-24-25-46-45(29-34)50-39-16-6-3-12-32(39)23-26-47(50)51-46;1-2-13-30(14-3-1)44-36-18-8-10-20-38(36)45(39-21-11-9-19-37(39)44)40-28-33(26-32-15-5-6-16-34(32)40)31-23-24-42-41(27-31)46-35-17-7-4-12-29(35)22-25-43(46)47-42;1-2-13-30(14-3-1)44-36-18-8-10-20-38(36)45(39-21-11-9-19-37(39)44)33-26-31-15-5-6-16-34(31)40(28-33)32-23-24-42-41(27-32)46-35-17-7-4-12-29(35)22-25-43(46)47-42/h1-30H;2*1-28H. The van der Waals surface area contributed by atoms with Crippen molar-refractivity contribution in [3.05, 3.63) is 522 Å². The molecule has 3 aromatic heterocycles. The molecule has 3 heteroatoms. The van der Waals surface area contributed by atoms with E-state index in [4.69, 9.17) is 13.3 Å². The molecule has 0 aliphatic heterocycles. The number of fused-ring (bicyclic) bond motifs is 25. The van der Waals surface area contributed by atoms with Crippen molar-refractivity contribution in [2.24, 2.45) is 0 Å². The predicted octanol–water partition coefficient (Wildman–Crippen LogP) is 40.8. The highest BCUT2D eigenvalue weighted by Crippen LogP contribution is 2.53. The van der Waals surface area contributed by atoms with Crippen LogP contribution in [0.3, 0.4) is 0 Å². The summed E-state index contributed by atoms with van der Waals surface area (Å²) in [5.41, 5.74) is 27.7. The van der Waals surface area contributed by atoms with E-state index in [9.17, 15) is 0 Å². The van der Waals surface area contributed by atoms with E-state index in [2.05, 4.69) is 522 Å². The third kappa shape index (κ3) is 13.7. The number of hydrogen-bond donors (Lipinski definition) is 0. The van der Waals surface area contributed by atoms with Crippen LogP contribution in [-0.2, 0) is 0 Å². The summed E-state index contributed by atoms with van der Waals surface area (Å²) in [6.45, 7) is 0. The molecule has 0 spiro atoms. The van der Waals surface area contributed by atoms with E-state index in [-0.39, 0.29) is 0 Å². The molecule has 3 nitrogen and oxygen atoms in total. The fraction of sp³-hybridized carbons (Fsp3) is 0. The first kappa shape index (κ1) is 83.0. The van der Waals surface area contributed by atoms with Gasteiger partial charge < -0.3 is 13.3 Å². The summed E-state index contributed by atoms with van der Waals surface area (Å²) < 4.78 is 19.1. The smallest absolute Gasteiger partial charge is 0.136 e. The van der Waals surface area contributed by atoms with Crippen LogP contribution < -0.4 is 0 Å². The predicted molar refractivity (Wildman–Crippen MR) is 618 cm³/mol. The summed E-state index contributed by atoms with van der Waals surface area (Å²) in [6, 6.07) is 190. The largest absolute Gasteiger partial charge is 0.456 e. The second-order valence-electron chi connectivity index (χ2n) is 38.5. The maximum Gasteiger partial charge on any atom is 0.136 e. The number of furan rings is 3. The van der Waals surface area contributed by atoms with Crippen molar-refractivity contribution in [2.75, 3.05) is 0 Å². The van der Waals surface area contributed by atoms with Crippen molar-refractivity contribution in [1.82, 2.24) is 0 Å². The maximum atomic E-state index is 6.38. The maximum absolute atomic E-state index is 6.38. The van der Waals surface area contributed by atoms with Crippen LogP contribution in [0, 0.1) is 0 Å². The normalized spacial score (nSPS) is 11.9. The molecule has 0 aliphatic carbocycles. The molecule has 31 aromatic rings. The first-order chi connectivity index (χ1) is 71.9. The first-order valence-electron chi connectivity index (χ1n) is 49.9. The van der Waals surface area contributed by atoms with Crippen LogP contribution in [0.2, 0.25) is 0 Å². The third-order valence-corrected chi connectivity index (χ3v) is 30.4. The molecule has 0 bridgehead atoms. The lowest BCUT2D eigenvalue weighted by molar-refractivity contribution is 0.669. The fourth-order valence-corrected chi connectivity index (χ4v) is 24.0. The minimum atomic E-state index is 0.910. The fourth-order valence-electron chi connectivity index (χ4n) is 24.0. The summed E-state index contributed by atoms with van der Waals surface area (Å²) in [5.74, 6) is 0. The first-order valence-corrected chi connectivity index (χ1v) is 49.9. The Balaban J connectivity index is 0.000000103. The van der Waals surface area contributed by atoms with Gasteiger partial charge in [0.05, 0.1) is 0 Å². The van der Waals surface area contributed by atoms with Gasteiger partial charge in [-0.05, 0) is 337 Å². The highest BCUT2D eigenvalue weighted by Gasteiger charge is 2.27. The van der Waals surface area contributed by atoms with Gasteiger partial charge in [0.2, 0.25) is 0 Å². The van der Waals surface area contributed by atoms with Gasteiger partial charge in [-0.3, -0.25) is 0 Å². The molecule has 0 saturated carbocycles. The van der Waals surface area contributed by atoms with Crippen molar-refractivity contribution >= 4 is 206 Å². The second-order valence-corrected chi connectivity index (χ2v) is 38.5. The topological polar surface area (TPSA) is 39.4 Å². The highest BCUT2D eigenvalue weighted by molar-refractivity contribution is 6.30. The quantitative estimate of drug-likeness (QED) is 0.135. The Labute approximate surface area is 834 Å². The number of hydrogen-bond acceptors (Lipinski definition) is 3. The van der Waals surface area contributed by atoms with Crippen molar-refractivity contribution in [3.8, 4) is 100 Å². The lowest BCUT2D eigenvalue weighted by Crippen LogP contribution is -1.92. The minimum Gasteiger partial charge on any atom is -0.456 e. The average molecular weight is 1840 g/mol. The molecule has 672 valence electrons. The Morgan fingerprint density at radius 2 is 0.324 bits per heavy atom. The van der Waals surface area contributed by atoms with Gasteiger partial charge in [0.1, 0.15) is 33.5 Å². The Morgan fingerprint density at radius 3 is 0.683 bits per heavy atom. The molecule has 0 N–H and O–H groups in total. The lowest BCUT2D eigenvalue weighted by atomic mass is 9.83. The SMILES string of the molecule is c1ccc(-c2c3ccccc3c(-c3cc(-c4ccc5oc6ccc7ccccc7c6c5c4)c4ccccc4c3)c3ccccc23)cc1.c1ccc(-c2c3ccccc3c(-c3cc(-c4ccc5oc6ccc7ccccc7c6c5c4)cc4ccccc34)c3ccccc23)cc1.c1ccc2cc(-c3c4ccccc4c(-c4cc(-c5ccc6oc7ccc8ccccc8c7c6c5)cc5ccccc45)c4ccccc34)ccc2c1. The summed E-state index contributed by atoms with van der Waals surface area (Å²) in [5, 5.41) is 39.3. The zero-order valence-corrected chi connectivity index (χ0v) is 78.9. The van der Waals surface area contributed by atoms with Gasteiger partial charge in [-0.2, -0.15) is 0 Å². The van der Waals surface area contributed by atoms with Gasteiger partial charge in [-0.15, -0.1) is 0 Å². The molecule has 0 aliphatic rings. The van der Waals surface area contributed by atoms with Crippen LogP contribution in [0.4, 0.5) is 0 Å². The van der Waals surface area contributed by atoms with E-state index >= 15 is 0 Å². The molecular formula is C142H86O3. The second kappa shape index (κ2) is 33.9. The van der Waals surface area contributed by atoms with Crippen LogP contribution in [-0.4, -0.2) is 0 Å². The summed E-state index contributed by atoms with van der Waals surface area (Å²) >= 11 is 0. The van der Waals surface area contributed by atoms with Crippen molar-refractivity contribution in [1.29, 1.82) is 0 Å². The molecule has 0 unspecified atom stereocenters. The van der Waals surface area contributed by atoms with Gasteiger partial charge >= 0.3 is 0 Å². The zero-order chi connectivity index (χ0) is 95.3. The lowest BCUT2D eigenvalue weighted by Gasteiger charge is -2.20. The summed E-state index contributed by atoms with van der Waals surface area (Å²) in [4.78, 5) is 0. The molecule has 28 aromatic carbocycles. The van der Waals surface area contributed by atoms with E-state index < -0.39 is 0 Å². The Bertz CT molecular complexity index is 10600. The van der Waals surface area contributed by atoms with E-state index in [0.717, 1.165) is 49.7 Å². The van der Waals surface area contributed by atoms with Gasteiger partial charge in [0, 0.05) is 32.3 Å². The number of benzene rings is 28. The zero-order valence-electron chi connectivity index (χ0n) is 78.9. The Kier molecular flexibility index (Phi) is 19.4.